The Kier molecular flexibility index (Phi) is 4.08. The number of hydrogen-bond acceptors (Lipinski definition) is 2. The normalized spacial score (nSPS) is 11.9. The lowest BCUT2D eigenvalue weighted by atomic mass is 9.99. The van der Waals surface area contributed by atoms with E-state index in [2.05, 4.69) is 5.32 Å². The van der Waals surface area contributed by atoms with Gasteiger partial charge in [-0.15, -0.1) is 0 Å². The molecule has 2 aromatic rings. The van der Waals surface area contributed by atoms with E-state index in [1.165, 1.54) is 0 Å². The Balaban J connectivity index is 2.23. The van der Waals surface area contributed by atoms with E-state index in [1.807, 2.05) is 63.2 Å². The maximum atomic E-state index is 12.4. The van der Waals surface area contributed by atoms with Crippen LogP contribution in [0.1, 0.15) is 29.5 Å². The number of hydrogen-bond donors (Lipinski definition) is 2. The van der Waals surface area contributed by atoms with Crippen LogP contribution in [-0.4, -0.2) is 5.91 Å². The fourth-order valence-electron chi connectivity index (χ4n) is 2.18. The summed E-state index contributed by atoms with van der Waals surface area (Å²) in [5.74, 6) is -0.218. The summed E-state index contributed by atoms with van der Waals surface area (Å²) in [5.41, 5.74) is 10.3. The van der Waals surface area contributed by atoms with Crippen molar-refractivity contribution >= 4 is 17.3 Å². The third kappa shape index (κ3) is 2.82. The van der Waals surface area contributed by atoms with Crippen LogP contribution in [0.3, 0.4) is 0 Å². The average molecular weight is 268 g/mol. The molecule has 0 aliphatic carbocycles. The van der Waals surface area contributed by atoms with E-state index in [9.17, 15) is 4.79 Å². The van der Waals surface area contributed by atoms with E-state index in [0.717, 1.165) is 22.4 Å². The molecule has 0 saturated heterocycles. The molecule has 1 amide bonds. The predicted octanol–water partition coefficient (Wildman–Crippen LogP) is 3.63. The Hall–Kier alpha value is -2.29. The van der Waals surface area contributed by atoms with Gasteiger partial charge in [-0.05, 0) is 43.5 Å². The molecule has 0 bridgehead atoms. The number of nitrogens with two attached hydrogens (primary N) is 1. The zero-order valence-electron chi connectivity index (χ0n) is 12.1. The fourth-order valence-corrected chi connectivity index (χ4v) is 2.18. The van der Waals surface area contributed by atoms with Crippen LogP contribution in [0.4, 0.5) is 11.4 Å². The number of rotatable bonds is 3. The van der Waals surface area contributed by atoms with Gasteiger partial charge < -0.3 is 11.1 Å². The van der Waals surface area contributed by atoms with Crippen molar-refractivity contribution in [1.82, 2.24) is 0 Å². The van der Waals surface area contributed by atoms with Crippen LogP contribution in [0, 0.1) is 13.8 Å². The van der Waals surface area contributed by atoms with Crippen LogP contribution in [-0.2, 0) is 4.79 Å². The molecule has 0 radical (unpaired) electrons. The first-order valence-electron chi connectivity index (χ1n) is 6.72. The van der Waals surface area contributed by atoms with Gasteiger partial charge in [0.2, 0.25) is 5.91 Å². The third-order valence-electron chi connectivity index (χ3n) is 3.66. The SMILES string of the molecule is Cc1ccc(N)c(C)c1NC(=O)C(C)c1ccccc1. The molecule has 0 aliphatic heterocycles. The van der Waals surface area contributed by atoms with Gasteiger partial charge in [-0.1, -0.05) is 36.4 Å². The lowest BCUT2D eigenvalue weighted by molar-refractivity contribution is -0.117. The zero-order valence-corrected chi connectivity index (χ0v) is 12.1. The van der Waals surface area contributed by atoms with Gasteiger partial charge in [0, 0.05) is 11.4 Å². The van der Waals surface area contributed by atoms with Crippen LogP contribution in [0.5, 0.6) is 0 Å². The highest BCUT2D eigenvalue weighted by molar-refractivity contribution is 5.97. The summed E-state index contributed by atoms with van der Waals surface area (Å²) < 4.78 is 0. The summed E-state index contributed by atoms with van der Waals surface area (Å²) in [7, 11) is 0. The second kappa shape index (κ2) is 5.78. The number of carbonyl (C=O) groups excluding carboxylic acids is 1. The number of amides is 1. The summed E-state index contributed by atoms with van der Waals surface area (Å²) in [6.07, 6.45) is 0. The molecule has 3 heteroatoms. The zero-order chi connectivity index (χ0) is 14.7. The topological polar surface area (TPSA) is 55.1 Å². The molecular weight excluding hydrogens is 248 g/mol. The first kappa shape index (κ1) is 14.1. The van der Waals surface area contributed by atoms with Crippen LogP contribution < -0.4 is 11.1 Å². The summed E-state index contributed by atoms with van der Waals surface area (Å²) in [5, 5.41) is 3.00. The monoisotopic (exact) mass is 268 g/mol. The van der Waals surface area contributed by atoms with E-state index in [4.69, 9.17) is 5.73 Å². The number of carbonyl (C=O) groups is 1. The minimum Gasteiger partial charge on any atom is -0.398 e. The van der Waals surface area contributed by atoms with Crippen molar-refractivity contribution < 1.29 is 4.79 Å². The first-order valence-corrected chi connectivity index (χ1v) is 6.72. The molecule has 20 heavy (non-hydrogen) atoms. The summed E-state index contributed by atoms with van der Waals surface area (Å²) in [6.45, 7) is 5.79. The Bertz CT molecular complexity index is 620. The van der Waals surface area contributed by atoms with Gasteiger partial charge in [0.1, 0.15) is 0 Å². The molecule has 0 aliphatic rings. The van der Waals surface area contributed by atoms with E-state index in [-0.39, 0.29) is 11.8 Å². The van der Waals surface area contributed by atoms with Gasteiger partial charge in [0.25, 0.3) is 0 Å². The highest BCUT2D eigenvalue weighted by atomic mass is 16.1. The van der Waals surface area contributed by atoms with Crippen molar-refractivity contribution in [2.24, 2.45) is 0 Å². The summed E-state index contributed by atoms with van der Waals surface area (Å²) in [4.78, 5) is 12.4. The lowest BCUT2D eigenvalue weighted by Crippen LogP contribution is -2.20. The van der Waals surface area contributed by atoms with Crippen LogP contribution >= 0.6 is 0 Å². The van der Waals surface area contributed by atoms with Crippen molar-refractivity contribution in [3.8, 4) is 0 Å². The Morgan fingerprint density at radius 1 is 1.10 bits per heavy atom. The van der Waals surface area contributed by atoms with Crippen molar-refractivity contribution in [3.63, 3.8) is 0 Å². The molecular formula is C17H20N2O. The van der Waals surface area contributed by atoms with Crippen molar-refractivity contribution in [3.05, 3.63) is 59.2 Å². The van der Waals surface area contributed by atoms with Gasteiger partial charge in [-0.3, -0.25) is 4.79 Å². The average Bonchev–Trinajstić information content (AvgIpc) is 2.47. The van der Waals surface area contributed by atoms with Crippen LogP contribution in [0.25, 0.3) is 0 Å². The maximum absolute atomic E-state index is 12.4. The number of benzene rings is 2. The van der Waals surface area contributed by atoms with Crippen molar-refractivity contribution in [2.45, 2.75) is 26.7 Å². The lowest BCUT2D eigenvalue weighted by Gasteiger charge is -2.17. The molecule has 1 atom stereocenters. The molecule has 0 heterocycles. The summed E-state index contributed by atoms with van der Waals surface area (Å²) in [6, 6.07) is 13.5. The van der Waals surface area contributed by atoms with E-state index in [1.54, 1.807) is 0 Å². The van der Waals surface area contributed by atoms with Gasteiger partial charge in [-0.2, -0.15) is 0 Å². The first-order chi connectivity index (χ1) is 9.50. The van der Waals surface area contributed by atoms with E-state index >= 15 is 0 Å². The molecule has 104 valence electrons. The highest BCUT2D eigenvalue weighted by Gasteiger charge is 2.17. The largest absolute Gasteiger partial charge is 0.398 e. The minimum absolute atomic E-state index is 0.0204. The molecule has 3 N–H and O–H groups in total. The minimum atomic E-state index is -0.198. The third-order valence-corrected chi connectivity index (χ3v) is 3.66. The molecule has 2 aromatic carbocycles. The standard InChI is InChI=1S/C17H20N2O/c1-11-9-10-15(18)13(3)16(11)19-17(20)12(2)14-7-5-4-6-8-14/h4-10,12H,18H2,1-3H3,(H,19,20). The Morgan fingerprint density at radius 2 is 1.75 bits per heavy atom. The van der Waals surface area contributed by atoms with E-state index < -0.39 is 0 Å². The van der Waals surface area contributed by atoms with Gasteiger partial charge in [0.05, 0.1) is 5.92 Å². The second-order valence-electron chi connectivity index (χ2n) is 5.09. The van der Waals surface area contributed by atoms with Gasteiger partial charge >= 0.3 is 0 Å². The quantitative estimate of drug-likeness (QED) is 0.835. The predicted molar refractivity (Wildman–Crippen MR) is 83.8 cm³/mol. The number of nitrogen functional groups attached to an aromatic ring is 1. The summed E-state index contributed by atoms with van der Waals surface area (Å²) >= 11 is 0. The Morgan fingerprint density at radius 3 is 2.40 bits per heavy atom. The van der Waals surface area contributed by atoms with Gasteiger partial charge in [-0.25, -0.2) is 0 Å². The van der Waals surface area contributed by atoms with Crippen molar-refractivity contribution in [1.29, 1.82) is 0 Å². The highest BCUT2D eigenvalue weighted by Crippen LogP contribution is 2.26. The molecule has 0 saturated carbocycles. The molecule has 1 unspecified atom stereocenters. The van der Waals surface area contributed by atoms with Crippen molar-refractivity contribution in [2.75, 3.05) is 11.1 Å². The van der Waals surface area contributed by atoms with Crippen LogP contribution in [0.2, 0.25) is 0 Å². The molecule has 0 spiro atoms. The number of nitrogens with one attached hydrogen (secondary N) is 1. The maximum Gasteiger partial charge on any atom is 0.231 e. The van der Waals surface area contributed by atoms with Gasteiger partial charge in [0.15, 0.2) is 0 Å². The number of anilines is 2. The van der Waals surface area contributed by atoms with Crippen LogP contribution in [0.15, 0.2) is 42.5 Å². The second-order valence-corrected chi connectivity index (χ2v) is 5.09. The Labute approximate surface area is 119 Å². The smallest absolute Gasteiger partial charge is 0.231 e. The van der Waals surface area contributed by atoms with E-state index in [0.29, 0.717) is 5.69 Å². The molecule has 0 aromatic heterocycles. The molecule has 2 rings (SSSR count). The molecule has 0 fully saturated rings. The number of aryl methyl sites for hydroxylation is 1. The fraction of sp³-hybridized carbons (Fsp3) is 0.235. The molecule has 3 nitrogen and oxygen atoms in total.